The van der Waals surface area contributed by atoms with Crippen LogP contribution in [0.3, 0.4) is 0 Å². The van der Waals surface area contributed by atoms with E-state index in [9.17, 15) is 20.2 Å². The molecule has 1 atom stereocenters. The zero-order valence-corrected chi connectivity index (χ0v) is 25.2. The number of halogens is 2. The third-order valence-electron chi connectivity index (χ3n) is 7.60. The van der Waals surface area contributed by atoms with Crippen LogP contribution in [0.2, 0.25) is 10.0 Å². The maximum absolute atomic E-state index is 13.9. The normalized spacial score (nSPS) is 17.8. The molecule has 1 aliphatic heterocycles. The van der Waals surface area contributed by atoms with Crippen LogP contribution in [0.5, 0.6) is 11.5 Å². The molecule has 11 heteroatoms. The lowest BCUT2D eigenvalue weighted by atomic mass is 9.68. The number of nitrogens with zero attached hydrogens (tertiary/aromatic N) is 3. The fourth-order valence-electron chi connectivity index (χ4n) is 5.73. The minimum Gasteiger partial charge on any atom is -0.496 e. The second-order valence-electron chi connectivity index (χ2n) is 11.2. The SMILES string of the molecule is COc1ccc([C@@H]2C(C#N)=C(N)N(c3ccc(Cl)cc3[N+](=O)[O-])C3=C2C(=O)CC(C)(C)C3)cc1COc1ccc(Cl)cc1. The molecule has 220 valence electrons. The van der Waals surface area contributed by atoms with Crippen molar-refractivity contribution in [3.05, 3.63) is 115 Å². The van der Waals surface area contributed by atoms with Crippen molar-refractivity contribution >= 4 is 40.4 Å². The molecule has 3 aromatic rings. The fourth-order valence-corrected chi connectivity index (χ4v) is 6.02. The van der Waals surface area contributed by atoms with E-state index in [1.807, 2.05) is 19.9 Å². The number of ketones is 1. The highest BCUT2D eigenvalue weighted by atomic mass is 35.5. The van der Waals surface area contributed by atoms with Gasteiger partial charge in [-0.1, -0.05) is 43.1 Å². The first-order valence-corrected chi connectivity index (χ1v) is 14.1. The van der Waals surface area contributed by atoms with Gasteiger partial charge in [0.1, 0.15) is 29.6 Å². The maximum Gasteiger partial charge on any atom is 0.294 e. The molecule has 1 aliphatic carbocycles. The number of ether oxygens (including phenoxy) is 2. The van der Waals surface area contributed by atoms with Gasteiger partial charge in [-0.3, -0.25) is 19.8 Å². The number of allylic oxidation sites excluding steroid dienone is 3. The first kappa shape index (κ1) is 30.0. The number of benzene rings is 3. The summed E-state index contributed by atoms with van der Waals surface area (Å²) in [7, 11) is 1.55. The van der Waals surface area contributed by atoms with E-state index in [-0.39, 0.29) is 46.6 Å². The molecular formula is C32H28Cl2N4O5. The number of Topliss-reactive ketones (excluding diaryl/α,β-unsaturated/α-hetero) is 1. The van der Waals surface area contributed by atoms with Crippen molar-refractivity contribution < 1.29 is 19.2 Å². The smallest absolute Gasteiger partial charge is 0.294 e. The van der Waals surface area contributed by atoms with Gasteiger partial charge in [0.25, 0.3) is 5.69 Å². The quantitative estimate of drug-likeness (QED) is 0.213. The number of hydrogen-bond donors (Lipinski definition) is 1. The van der Waals surface area contributed by atoms with Crippen molar-refractivity contribution in [3.63, 3.8) is 0 Å². The van der Waals surface area contributed by atoms with Gasteiger partial charge in [0.15, 0.2) is 5.78 Å². The molecule has 0 fully saturated rings. The van der Waals surface area contributed by atoms with Crippen LogP contribution < -0.4 is 20.1 Å². The molecule has 0 unspecified atom stereocenters. The summed E-state index contributed by atoms with van der Waals surface area (Å²) in [5.74, 6) is 0.218. The lowest BCUT2D eigenvalue weighted by Gasteiger charge is -2.43. The minimum atomic E-state index is -0.800. The van der Waals surface area contributed by atoms with Gasteiger partial charge < -0.3 is 15.2 Å². The van der Waals surface area contributed by atoms with Crippen molar-refractivity contribution in [2.45, 2.75) is 39.2 Å². The highest BCUT2D eigenvalue weighted by Gasteiger charge is 2.45. The number of carbonyl (C=O) groups is 1. The molecule has 2 aliphatic rings. The number of rotatable bonds is 7. The Balaban J connectivity index is 1.67. The van der Waals surface area contributed by atoms with Crippen LogP contribution in [0.25, 0.3) is 0 Å². The van der Waals surface area contributed by atoms with Crippen LogP contribution in [-0.2, 0) is 11.4 Å². The van der Waals surface area contributed by atoms with Gasteiger partial charge >= 0.3 is 0 Å². The standard InChI is InChI=1S/C32H28Cl2N4O5/c1-32(2)14-26-30(27(39)15-32)29(23(16-35)31(36)37(26)24-10-7-21(34)13-25(24)38(40)41)18-4-11-28(42-3)19(12-18)17-43-22-8-5-20(33)6-9-22/h4-13,29H,14-15,17,36H2,1-3H3/t29-/m1/s1. The predicted molar refractivity (Wildman–Crippen MR) is 164 cm³/mol. The Morgan fingerprint density at radius 3 is 2.44 bits per heavy atom. The fraction of sp³-hybridized carbons (Fsp3) is 0.250. The molecule has 2 N–H and O–H groups in total. The monoisotopic (exact) mass is 618 g/mol. The largest absolute Gasteiger partial charge is 0.496 e. The van der Waals surface area contributed by atoms with E-state index in [1.54, 1.807) is 43.5 Å². The molecular weight excluding hydrogens is 591 g/mol. The van der Waals surface area contributed by atoms with Crippen molar-refractivity contribution in [1.82, 2.24) is 0 Å². The lowest BCUT2D eigenvalue weighted by molar-refractivity contribution is -0.384. The predicted octanol–water partition coefficient (Wildman–Crippen LogP) is 7.43. The van der Waals surface area contributed by atoms with Gasteiger partial charge in [-0.25, -0.2) is 0 Å². The molecule has 0 spiro atoms. The molecule has 0 saturated heterocycles. The van der Waals surface area contributed by atoms with Crippen LogP contribution in [-0.4, -0.2) is 17.8 Å². The molecule has 0 radical (unpaired) electrons. The van der Waals surface area contributed by atoms with E-state index in [4.69, 9.17) is 38.4 Å². The molecule has 1 heterocycles. The molecule has 0 aromatic heterocycles. The Labute approximate surface area is 258 Å². The average Bonchev–Trinajstić information content (AvgIpc) is 2.96. The van der Waals surface area contributed by atoms with Crippen LogP contribution in [0.1, 0.15) is 43.7 Å². The molecule has 5 rings (SSSR count). The first-order chi connectivity index (χ1) is 20.4. The maximum atomic E-state index is 13.9. The molecule has 0 bridgehead atoms. The lowest BCUT2D eigenvalue weighted by Crippen LogP contribution is -2.42. The van der Waals surface area contributed by atoms with Gasteiger partial charge in [0.2, 0.25) is 0 Å². The Kier molecular flexibility index (Phi) is 8.10. The van der Waals surface area contributed by atoms with Crippen molar-refractivity contribution in [1.29, 1.82) is 5.26 Å². The highest BCUT2D eigenvalue weighted by Crippen LogP contribution is 2.51. The summed E-state index contributed by atoms with van der Waals surface area (Å²) in [6.45, 7) is 4.05. The van der Waals surface area contributed by atoms with E-state index in [0.29, 0.717) is 45.3 Å². The molecule has 3 aromatic carbocycles. The van der Waals surface area contributed by atoms with E-state index < -0.39 is 16.3 Å². The third-order valence-corrected chi connectivity index (χ3v) is 8.09. The topological polar surface area (TPSA) is 132 Å². The van der Waals surface area contributed by atoms with E-state index in [2.05, 4.69) is 6.07 Å². The third kappa shape index (κ3) is 5.76. The van der Waals surface area contributed by atoms with E-state index in [0.717, 1.165) is 0 Å². The second kappa shape index (κ2) is 11.6. The number of nitriles is 1. The van der Waals surface area contributed by atoms with E-state index in [1.165, 1.54) is 23.1 Å². The Morgan fingerprint density at radius 2 is 1.79 bits per heavy atom. The van der Waals surface area contributed by atoms with Gasteiger partial charge in [0.05, 0.1) is 29.6 Å². The van der Waals surface area contributed by atoms with Crippen molar-refractivity contribution in [2.75, 3.05) is 12.0 Å². The average molecular weight is 620 g/mol. The summed E-state index contributed by atoms with van der Waals surface area (Å²) in [4.78, 5) is 26.9. The number of nitro benzene ring substituents is 1. The molecule has 0 amide bonds. The van der Waals surface area contributed by atoms with Crippen molar-refractivity contribution in [3.8, 4) is 17.6 Å². The Morgan fingerprint density at radius 1 is 1.09 bits per heavy atom. The van der Waals surface area contributed by atoms with Crippen LogP contribution in [0, 0.1) is 26.9 Å². The number of carbonyl (C=O) groups excluding carboxylic acids is 1. The zero-order chi connectivity index (χ0) is 31.1. The van der Waals surface area contributed by atoms with Gasteiger partial charge in [0, 0.05) is 39.4 Å². The summed E-state index contributed by atoms with van der Waals surface area (Å²) in [6.07, 6.45) is 0.632. The van der Waals surface area contributed by atoms with Gasteiger partial charge in [-0.05, 0) is 65.9 Å². The van der Waals surface area contributed by atoms with Crippen molar-refractivity contribution in [2.24, 2.45) is 11.1 Å². The first-order valence-electron chi connectivity index (χ1n) is 13.4. The second-order valence-corrected chi connectivity index (χ2v) is 12.1. The number of methoxy groups -OCH3 is 1. The highest BCUT2D eigenvalue weighted by molar-refractivity contribution is 6.31. The summed E-state index contributed by atoms with van der Waals surface area (Å²) in [5.41, 5.74) is 8.41. The summed E-state index contributed by atoms with van der Waals surface area (Å²) >= 11 is 12.1. The van der Waals surface area contributed by atoms with Crippen LogP contribution in [0.15, 0.2) is 83.3 Å². The molecule has 43 heavy (non-hydrogen) atoms. The number of nitrogens with two attached hydrogens (primary N) is 1. The molecule has 0 saturated carbocycles. The number of hydrogen-bond acceptors (Lipinski definition) is 8. The Bertz CT molecular complexity index is 1740. The number of nitro groups is 1. The zero-order valence-electron chi connectivity index (χ0n) is 23.7. The minimum absolute atomic E-state index is 0.0111. The summed E-state index contributed by atoms with van der Waals surface area (Å²) < 4.78 is 11.6. The summed E-state index contributed by atoms with van der Waals surface area (Å²) in [5, 5.41) is 23.3. The molecule has 9 nitrogen and oxygen atoms in total. The van der Waals surface area contributed by atoms with Gasteiger partial charge in [-0.2, -0.15) is 5.26 Å². The number of anilines is 1. The van der Waals surface area contributed by atoms with Crippen LogP contribution >= 0.6 is 23.2 Å². The van der Waals surface area contributed by atoms with E-state index >= 15 is 0 Å². The Hall–Kier alpha value is -4.52. The van der Waals surface area contributed by atoms with Crippen LogP contribution in [0.4, 0.5) is 11.4 Å². The summed E-state index contributed by atoms with van der Waals surface area (Å²) in [6, 6.07) is 18.8. The van der Waals surface area contributed by atoms with Gasteiger partial charge in [-0.15, -0.1) is 0 Å².